The quantitative estimate of drug-likeness (QED) is 0.798. The third-order valence-electron chi connectivity index (χ3n) is 4.49. The Labute approximate surface area is 96.5 Å². The van der Waals surface area contributed by atoms with Crippen LogP contribution in [0.25, 0.3) is 0 Å². The van der Waals surface area contributed by atoms with Crippen molar-refractivity contribution in [3.05, 3.63) is 28.8 Å². The summed E-state index contributed by atoms with van der Waals surface area (Å²) in [7, 11) is 0. The van der Waals surface area contributed by atoms with Gasteiger partial charge in [-0.3, -0.25) is 0 Å². The smallest absolute Gasteiger partial charge is 0.119 e. The lowest BCUT2D eigenvalue weighted by Crippen LogP contribution is -2.42. The van der Waals surface area contributed by atoms with E-state index in [0.717, 1.165) is 19.3 Å². The molecule has 2 nitrogen and oxygen atoms in total. The zero-order chi connectivity index (χ0) is 11.2. The highest BCUT2D eigenvalue weighted by molar-refractivity contribution is 5.52. The van der Waals surface area contributed by atoms with E-state index < -0.39 is 0 Å². The fraction of sp³-hybridized carbons (Fsp3) is 0.571. The summed E-state index contributed by atoms with van der Waals surface area (Å²) in [4.78, 5) is 0. The summed E-state index contributed by atoms with van der Waals surface area (Å²) >= 11 is 0. The van der Waals surface area contributed by atoms with Crippen molar-refractivity contribution in [1.82, 2.24) is 0 Å². The highest BCUT2D eigenvalue weighted by Crippen LogP contribution is 2.49. The molecule has 2 heteroatoms. The highest BCUT2D eigenvalue weighted by atomic mass is 16.3. The van der Waals surface area contributed by atoms with Gasteiger partial charge in [0, 0.05) is 17.5 Å². The first-order chi connectivity index (χ1) is 7.77. The average Bonchev–Trinajstić information content (AvgIpc) is 2.68. The van der Waals surface area contributed by atoms with E-state index in [1.807, 2.05) is 6.07 Å². The minimum Gasteiger partial charge on any atom is -0.508 e. The number of phenolic OH excluding ortho intramolecular Hbond substituents is 1. The second-order valence-electron chi connectivity index (χ2n) is 5.29. The Morgan fingerprint density at radius 3 is 2.62 bits per heavy atom. The van der Waals surface area contributed by atoms with Crippen LogP contribution >= 0.6 is 0 Å². The average molecular weight is 217 g/mol. The summed E-state index contributed by atoms with van der Waals surface area (Å²) in [5.74, 6) is 0.478. The van der Waals surface area contributed by atoms with Crippen molar-refractivity contribution in [2.24, 2.45) is 5.73 Å². The molecule has 2 aliphatic rings. The van der Waals surface area contributed by atoms with Crippen molar-refractivity contribution >= 4 is 0 Å². The molecule has 1 aromatic carbocycles. The van der Waals surface area contributed by atoms with E-state index in [2.05, 4.69) is 6.07 Å². The van der Waals surface area contributed by atoms with Crippen LogP contribution in [0.3, 0.4) is 0 Å². The maximum Gasteiger partial charge on any atom is 0.119 e. The van der Waals surface area contributed by atoms with Crippen LogP contribution in [-0.4, -0.2) is 11.7 Å². The van der Waals surface area contributed by atoms with Gasteiger partial charge in [-0.15, -0.1) is 0 Å². The van der Waals surface area contributed by atoms with Crippen molar-refractivity contribution in [3.63, 3.8) is 0 Å². The van der Waals surface area contributed by atoms with E-state index in [0.29, 0.717) is 12.3 Å². The van der Waals surface area contributed by atoms with Crippen LogP contribution < -0.4 is 5.73 Å². The summed E-state index contributed by atoms with van der Waals surface area (Å²) in [5, 5.41) is 10.2. The SMILES string of the molecule is NCC1(c2c(O)ccc3c2CCC3)CCC1. The summed E-state index contributed by atoms with van der Waals surface area (Å²) < 4.78 is 0. The molecule has 0 aliphatic heterocycles. The molecule has 1 fully saturated rings. The molecule has 0 heterocycles. The third kappa shape index (κ3) is 1.23. The van der Waals surface area contributed by atoms with Crippen LogP contribution in [0.1, 0.15) is 42.4 Å². The molecular weight excluding hydrogens is 198 g/mol. The van der Waals surface area contributed by atoms with Gasteiger partial charge in [0.2, 0.25) is 0 Å². The topological polar surface area (TPSA) is 46.2 Å². The van der Waals surface area contributed by atoms with Crippen molar-refractivity contribution in [2.45, 2.75) is 43.9 Å². The van der Waals surface area contributed by atoms with Gasteiger partial charge in [-0.1, -0.05) is 12.5 Å². The van der Waals surface area contributed by atoms with Crippen molar-refractivity contribution in [3.8, 4) is 5.75 Å². The Balaban J connectivity index is 2.15. The first-order valence-corrected chi connectivity index (χ1v) is 6.31. The van der Waals surface area contributed by atoms with Crippen LogP contribution in [0, 0.1) is 0 Å². The Morgan fingerprint density at radius 2 is 2.00 bits per heavy atom. The van der Waals surface area contributed by atoms with Crippen LogP contribution in [0.15, 0.2) is 12.1 Å². The number of hydrogen-bond acceptors (Lipinski definition) is 2. The summed E-state index contributed by atoms with van der Waals surface area (Å²) in [6.45, 7) is 0.678. The molecule has 16 heavy (non-hydrogen) atoms. The zero-order valence-corrected chi connectivity index (χ0v) is 9.63. The van der Waals surface area contributed by atoms with E-state index >= 15 is 0 Å². The number of aryl methyl sites for hydroxylation is 1. The summed E-state index contributed by atoms with van der Waals surface area (Å²) in [6.07, 6.45) is 7.07. The Hall–Kier alpha value is -1.02. The number of phenols is 1. The first-order valence-electron chi connectivity index (χ1n) is 6.31. The van der Waals surface area contributed by atoms with Crippen molar-refractivity contribution in [1.29, 1.82) is 0 Å². The van der Waals surface area contributed by atoms with Crippen LogP contribution in [-0.2, 0) is 18.3 Å². The minimum absolute atomic E-state index is 0.0970. The van der Waals surface area contributed by atoms with E-state index in [1.165, 1.54) is 36.0 Å². The standard InChI is InChI=1S/C14H19NO/c15-9-14(7-2-8-14)13-11-4-1-3-10(11)5-6-12(13)16/h5-6,16H,1-4,7-9,15H2. The van der Waals surface area contributed by atoms with Crippen LogP contribution in [0.4, 0.5) is 0 Å². The molecule has 1 aromatic rings. The molecule has 0 radical (unpaired) electrons. The third-order valence-corrected chi connectivity index (χ3v) is 4.49. The molecule has 3 N–H and O–H groups in total. The maximum atomic E-state index is 10.2. The number of fused-ring (bicyclic) bond motifs is 1. The fourth-order valence-electron chi connectivity index (χ4n) is 3.41. The lowest BCUT2D eigenvalue weighted by atomic mass is 9.63. The van der Waals surface area contributed by atoms with Crippen molar-refractivity contribution < 1.29 is 5.11 Å². The zero-order valence-electron chi connectivity index (χ0n) is 9.63. The van der Waals surface area contributed by atoms with Gasteiger partial charge in [0.1, 0.15) is 5.75 Å². The number of aromatic hydroxyl groups is 1. The van der Waals surface area contributed by atoms with Gasteiger partial charge in [-0.2, -0.15) is 0 Å². The van der Waals surface area contributed by atoms with Gasteiger partial charge in [0.15, 0.2) is 0 Å². The summed E-state index contributed by atoms with van der Waals surface area (Å²) in [6, 6.07) is 3.96. The van der Waals surface area contributed by atoms with Gasteiger partial charge in [-0.05, 0) is 49.3 Å². The second-order valence-corrected chi connectivity index (χ2v) is 5.29. The van der Waals surface area contributed by atoms with Gasteiger partial charge in [-0.25, -0.2) is 0 Å². The lowest BCUT2D eigenvalue weighted by molar-refractivity contribution is 0.243. The molecule has 1 saturated carbocycles. The van der Waals surface area contributed by atoms with Crippen LogP contribution in [0.2, 0.25) is 0 Å². The number of rotatable bonds is 2. The predicted molar refractivity (Wildman–Crippen MR) is 64.7 cm³/mol. The van der Waals surface area contributed by atoms with E-state index in [1.54, 1.807) is 0 Å². The minimum atomic E-state index is 0.0970. The number of benzene rings is 1. The largest absolute Gasteiger partial charge is 0.508 e. The highest BCUT2D eigenvalue weighted by Gasteiger charge is 2.41. The monoisotopic (exact) mass is 217 g/mol. The number of nitrogens with two attached hydrogens (primary N) is 1. The molecule has 0 atom stereocenters. The molecule has 0 unspecified atom stereocenters. The Bertz CT molecular complexity index is 415. The lowest BCUT2D eigenvalue weighted by Gasteiger charge is -2.43. The van der Waals surface area contributed by atoms with Gasteiger partial charge in [0.05, 0.1) is 0 Å². The fourth-order valence-corrected chi connectivity index (χ4v) is 3.41. The maximum absolute atomic E-state index is 10.2. The number of hydrogen-bond donors (Lipinski definition) is 2. The molecule has 3 rings (SSSR count). The van der Waals surface area contributed by atoms with E-state index in [9.17, 15) is 5.11 Å². The van der Waals surface area contributed by atoms with E-state index in [4.69, 9.17) is 5.73 Å². The first kappa shape index (κ1) is 10.2. The normalized spacial score (nSPS) is 21.6. The Morgan fingerprint density at radius 1 is 1.19 bits per heavy atom. The molecule has 0 saturated heterocycles. The van der Waals surface area contributed by atoms with Gasteiger partial charge < -0.3 is 10.8 Å². The predicted octanol–water partition coefficient (Wildman–Crippen LogP) is 2.26. The summed E-state index contributed by atoms with van der Waals surface area (Å²) in [5.41, 5.74) is 10.1. The molecule has 2 aliphatic carbocycles. The van der Waals surface area contributed by atoms with Crippen molar-refractivity contribution in [2.75, 3.05) is 6.54 Å². The molecule has 86 valence electrons. The molecule has 0 spiro atoms. The molecule has 0 bridgehead atoms. The van der Waals surface area contributed by atoms with E-state index in [-0.39, 0.29) is 5.41 Å². The van der Waals surface area contributed by atoms with Crippen LogP contribution in [0.5, 0.6) is 5.75 Å². The molecule has 0 aromatic heterocycles. The second kappa shape index (κ2) is 3.49. The Kier molecular flexibility index (Phi) is 2.21. The van der Waals surface area contributed by atoms with Gasteiger partial charge >= 0.3 is 0 Å². The molecule has 0 amide bonds. The molecular formula is C14H19NO. The van der Waals surface area contributed by atoms with Gasteiger partial charge in [0.25, 0.3) is 0 Å².